The van der Waals surface area contributed by atoms with E-state index in [1.54, 1.807) is 6.92 Å². The van der Waals surface area contributed by atoms with E-state index in [2.05, 4.69) is 20.0 Å². The summed E-state index contributed by atoms with van der Waals surface area (Å²) in [7, 11) is 1.36. The van der Waals surface area contributed by atoms with Crippen molar-refractivity contribution in [1.82, 2.24) is 5.43 Å². The van der Waals surface area contributed by atoms with Gasteiger partial charge >= 0.3 is 12.1 Å². The summed E-state index contributed by atoms with van der Waals surface area (Å²) in [5.74, 6) is 0.224. The summed E-state index contributed by atoms with van der Waals surface area (Å²) in [6.07, 6.45) is -0.0823. The van der Waals surface area contributed by atoms with Crippen LogP contribution in [0.1, 0.15) is 13.3 Å². The number of carbonyl (C=O) groups is 2. The molecule has 16 heavy (non-hydrogen) atoms. The van der Waals surface area contributed by atoms with Crippen LogP contribution in [0.25, 0.3) is 0 Å². The molecule has 1 rings (SSSR count). The summed E-state index contributed by atoms with van der Waals surface area (Å²) < 4.78 is 9.27. The van der Waals surface area contributed by atoms with Crippen molar-refractivity contribution in [2.45, 2.75) is 13.3 Å². The van der Waals surface area contributed by atoms with Crippen molar-refractivity contribution >= 4 is 28.9 Å². The molecule has 0 aromatic carbocycles. The lowest BCUT2D eigenvalue weighted by atomic mass is 10.1. The van der Waals surface area contributed by atoms with Crippen molar-refractivity contribution in [2.75, 3.05) is 19.5 Å². The number of hydrazone groups is 1. The molecule has 0 bridgehead atoms. The average molecular weight is 246 g/mol. The van der Waals surface area contributed by atoms with Gasteiger partial charge in [-0.3, -0.25) is 4.79 Å². The van der Waals surface area contributed by atoms with E-state index >= 15 is 0 Å². The molecule has 1 aliphatic rings. The molecule has 0 unspecified atom stereocenters. The molecule has 0 saturated carbocycles. The Labute approximate surface area is 97.7 Å². The molecule has 7 heteroatoms. The van der Waals surface area contributed by atoms with Crippen LogP contribution in [0.15, 0.2) is 5.10 Å². The van der Waals surface area contributed by atoms with E-state index in [0.717, 1.165) is 0 Å². The lowest BCUT2D eigenvalue weighted by Gasteiger charge is -2.03. The van der Waals surface area contributed by atoms with E-state index in [1.807, 2.05) is 0 Å². The van der Waals surface area contributed by atoms with Crippen LogP contribution in [-0.2, 0) is 14.3 Å². The molecular weight excluding hydrogens is 232 g/mol. The summed E-state index contributed by atoms with van der Waals surface area (Å²) in [5, 5.41) is 4.57. The number of nitrogens with zero attached hydrogens (tertiary/aromatic N) is 1. The Balaban J connectivity index is 2.37. The standard InChI is InChI=1S/C9H14N2O4S/c1-3-15-9(13)11-10-7-4-6(5-16-7)8(12)14-2/h6H,3-5H2,1-2H3,(H,11,13)/t6-/m1/s1. The van der Waals surface area contributed by atoms with Gasteiger partial charge in [0.15, 0.2) is 0 Å². The van der Waals surface area contributed by atoms with Crippen LogP contribution in [-0.4, -0.2) is 36.6 Å². The summed E-state index contributed by atoms with van der Waals surface area (Å²) in [6, 6.07) is 0. The molecule has 0 radical (unpaired) electrons. The fourth-order valence-corrected chi connectivity index (χ4v) is 2.27. The molecule has 1 saturated heterocycles. The largest absolute Gasteiger partial charge is 0.469 e. The van der Waals surface area contributed by atoms with Gasteiger partial charge in [0.1, 0.15) is 0 Å². The zero-order valence-electron chi connectivity index (χ0n) is 9.19. The van der Waals surface area contributed by atoms with Crippen LogP contribution in [0.3, 0.4) is 0 Å². The molecule has 6 nitrogen and oxygen atoms in total. The van der Waals surface area contributed by atoms with E-state index in [9.17, 15) is 9.59 Å². The molecule has 0 aliphatic carbocycles. The first-order valence-electron chi connectivity index (χ1n) is 4.87. The van der Waals surface area contributed by atoms with Crippen molar-refractivity contribution in [3.63, 3.8) is 0 Å². The highest BCUT2D eigenvalue weighted by molar-refractivity contribution is 8.14. The topological polar surface area (TPSA) is 77.0 Å². The third-order valence-corrected chi connectivity index (χ3v) is 3.11. The summed E-state index contributed by atoms with van der Waals surface area (Å²) in [6.45, 7) is 2.01. The minimum atomic E-state index is -0.586. The van der Waals surface area contributed by atoms with Gasteiger partial charge in [0.25, 0.3) is 0 Å². The number of thioether (sulfide) groups is 1. The maximum absolute atomic E-state index is 11.2. The summed E-state index contributed by atoms with van der Waals surface area (Å²) in [4.78, 5) is 22.1. The van der Waals surface area contributed by atoms with Gasteiger partial charge in [0, 0.05) is 12.2 Å². The van der Waals surface area contributed by atoms with Gasteiger partial charge < -0.3 is 9.47 Å². The number of ether oxygens (including phenoxy) is 2. The highest BCUT2D eigenvalue weighted by atomic mass is 32.2. The molecule has 1 aliphatic heterocycles. The molecule has 90 valence electrons. The number of carbonyl (C=O) groups excluding carboxylic acids is 2. The van der Waals surface area contributed by atoms with Gasteiger partial charge in [-0.2, -0.15) is 5.10 Å². The zero-order chi connectivity index (χ0) is 12.0. The predicted molar refractivity (Wildman–Crippen MR) is 60.2 cm³/mol. The Morgan fingerprint density at radius 2 is 2.38 bits per heavy atom. The Morgan fingerprint density at radius 1 is 1.62 bits per heavy atom. The minimum absolute atomic E-state index is 0.169. The second-order valence-corrected chi connectivity index (χ2v) is 4.17. The number of rotatable bonds is 3. The van der Waals surface area contributed by atoms with Gasteiger partial charge in [-0.05, 0) is 6.92 Å². The van der Waals surface area contributed by atoms with Gasteiger partial charge in [0.05, 0.1) is 24.7 Å². The van der Waals surface area contributed by atoms with Crippen molar-refractivity contribution < 1.29 is 19.1 Å². The Kier molecular flexibility index (Phi) is 5.10. The minimum Gasteiger partial charge on any atom is -0.469 e. The number of methoxy groups -OCH3 is 1. The summed E-state index contributed by atoms with van der Waals surface area (Å²) in [5.41, 5.74) is 2.26. The van der Waals surface area contributed by atoms with E-state index in [0.29, 0.717) is 23.8 Å². The lowest BCUT2D eigenvalue weighted by Crippen LogP contribution is -2.20. The third kappa shape index (κ3) is 3.73. The maximum atomic E-state index is 11.2. The van der Waals surface area contributed by atoms with Crippen molar-refractivity contribution in [3.8, 4) is 0 Å². The lowest BCUT2D eigenvalue weighted by molar-refractivity contribution is -0.144. The van der Waals surface area contributed by atoms with Crippen molar-refractivity contribution in [2.24, 2.45) is 11.0 Å². The molecule has 0 aromatic heterocycles. The third-order valence-electron chi connectivity index (χ3n) is 1.95. The molecule has 1 N–H and O–H groups in total. The monoisotopic (exact) mass is 246 g/mol. The van der Waals surface area contributed by atoms with E-state index < -0.39 is 6.09 Å². The van der Waals surface area contributed by atoms with E-state index in [-0.39, 0.29) is 11.9 Å². The number of hydrogen-bond acceptors (Lipinski definition) is 6. The first-order valence-corrected chi connectivity index (χ1v) is 5.85. The van der Waals surface area contributed by atoms with Crippen LogP contribution in [0.5, 0.6) is 0 Å². The fourth-order valence-electron chi connectivity index (χ4n) is 1.19. The maximum Gasteiger partial charge on any atom is 0.427 e. The van der Waals surface area contributed by atoms with Gasteiger partial charge in [-0.1, -0.05) is 0 Å². The van der Waals surface area contributed by atoms with Gasteiger partial charge in [0.2, 0.25) is 0 Å². The Hall–Kier alpha value is -1.24. The molecular formula is C9H14N2O4S. The predicted octanol–water partition coefficient (Wildman–Crippen LogP) is 0.972. The van der Waals surface area contributed by atoms with E-state index in [4.69, 9.17) is 0 Å². The Morgan fingerprint density at radius 3 is 3.00 bits per heavy atom. The SMILES string of the molecule is CCOC(=O)NN=C1C[C@@H](C(=O)OC)CS1. The zero-order valence-corrected chi connectivity index (χ0v) is 10.0. The second-order valence-electron chi connectivity index (χ2n) is 3.07. The molecule has 0 aromatic rings. The van der Waals surface area contributed by atoms with Crippen LogP contribution >= 0.6 is 11.8 Å². The normalized spacial score (nSPS) is 21.9. The molecule has 1 amide bonds. The van der Waals surface area contributed by atoms with Crippen LogP contribution < -0.4 is 5.43 Å². The smallest absolute Gasteiger partial charge is 0.427 e. The fraction of sp³-hybridized carbons (Fsp3) is 0.667. The number of nitrogens with one attached hydrogen (secondary N) is 1. The first-order chi connectivity index (χ1) is 7.67. The Bertz CT molecular complexity index is 306. The molecule has 0 spiro atoms. The highest BCUT2D eigenvalue weighted by Gasteiger charge is 2.28. The van der Waals surface area contributed by atoms with Crippen LogP contribution in [0.4, 0.5) is 4.79 Å². The molecule has 1 atom stereocenters. The average Bonchev–Trinajstić information content (AvgIpc) is 2.74. The first kappa shape index (κ1) is 12.8. The van der Waals surface area contributed by atoms with Crippen LogP contribution in [0.2, 0.25) is 0 Å². The number of esters is 1. The quantitative estimate of drug-likeness (QED) is 0.593. The number of amides is 1. The van der Waals surface area contributed by atoms with Crippen molar-refractivity contribution in [1.29, 1.82) is 0 Å². The summed E-state index contributed by atoms with van der Waals surface area (Å²) >= 11 is 1.43. The van der Waals surface area contributed by atoms with Crippen LogP contribution in [0, 0.1) is 5.92 Å². The molecule has 1 heterocycles. The van der Waals surface area contributed by atoms with Crippen molar-refractivity contribution in [3.05, 3.63) is 0 Å². The highest BCUT2D eigenvalue weighted by Crippen LogP contribution is 2.27. The number of hydrogen-bond donors (Lipinski definition) is 1. The second kappa shape index (κ2) is 6.37. The van der Waals surface area contributed by atoms with Gasteiger partial charge in [-0.25, -0.2) is 10.2 Å². The van der Waals surface area contributed by atoms with Gasteiger partial charge in [-0.15, -0.1) is 11.8 Å². The van der Waals surface area contributed by atoms with E-state index in [1.165, 1.54) is 18.9 Å². The molecule has 1 fully saturated rings.